The van der Waals surface area contributed by atoms with Gasteiger partial charge in [-0.1, -0.05) is 6.07 Å². The second kappa shape index (κ2) is 4.90. The zero-order valence-electron chi connectivity index (χ0n) is 9.20. The fraction of sp³-hybridized carbons (Fsp3) is 0.400. The van der Waals surface area contributed by atoms with E-state index in [-0.39, 0.29) is 5.75 Å². The third-order valence-electron chi connectivity index (χ3n) is 2.14. The summed E-state index contributed by atoms with van der Waals surface area (Å²) in [5.41, 5.74) is 3.64. The third-order valence-corrected chi connectivity index (χ3v) is 3.08. The van der Waals surface area contributed by atoms with Crippen LogP contribution in [0.5, 0.6) is 0 Å². The molecule has 1 unspecified atom stereocenters. The Labute approximate surface area is 94.5 Å². The molecule has 0 saturated carbocycles. The maximum atomic E-state index is 13.1. The zero-order chi connectivity index (χ0) is 12.3. The number of nitrogens with two attached hydrogens (primary N) is 1. The molecule has 1 rings (SSSR count). The lowest BCUT2D eigenvalue weighted by Crippen LogP contribution is -2.33. The van der Waals surface area contributed by atoms with Crippen molar-refractivity contribution >= 4 is 9.84 Å². The number of aryl methyl sites for hydroxylation is 1. The van der Waals surface area contributed by atoms with Gasteiger partial charge in [-0.15, -0.1) is 0 Å². The predicted molar refractivity (Wildman–Crippen MR) is 60.9 cm³/mol. The Bertz CT molecular complexity index is 453. The van der Waals surface area contributed by atoms with Crippen LogP contribution >= 0.6 is 0 Å². The Morgan fingerprint density at radius 2 is 2.06 bits per heavy atom. The number of hydrazine groups is 1. The average molecular weight is 246 g/mol. The van der Waals surface area contributed by atoms with Gasteiger partial charge in [-0.25, -0.2) is 12.8 Å². The normalized spacial score (nSPS) is 13.8. The molecule has 0 amide bonds. The van der Waals surface area contributed by atoms with Gasteiger partial charge in [0.05, 0.1) is 11.8 Å². The average Bonchev–Trinajstić information content (AvgIpc) is 2.11. The lowest BCUT2D eigenvalue weighted by molar-refractivity contribution is 0.558. The molecule has 0 radical (unpaired) electrons. The first-order valence-electron chi connectivity index (χ1n) is 4.73. The van der Waals surface area contributed by atoms with E-state index in [0.717, 1.165) is 11.8 Å². The molecule has 0 aromatic heterocycles. The summed E-state index contributed by atoms with van der Waals surface area (Å²) in [7, 11) is -3.17. The molecule has 1 atom stereocenters. The Morgan fingerprint density at radius 1 is 1.44 bits per heavy atom. The monoisotopic (exact) mass is 246 g/mol. The summed E-state index contributed by atoms with van der Waals surface area (Å²) >= 11 is 0. The maximum Gasteiger partial charge on any atom is 0.149 e. The molecule has 0 fully saturated rings. The van der Waals surface area contributed by atoms with Crippen molar-refractivity contribution in [3.8, 4) is 0 Å². The molecule has 90 valence electrons. The van der Waals surface area contributed by atoms with Crippen LogP contribution in [-0.4, -0.2) is 20.4 Å². The van der Waals surface area contributed by atoms with Crippen molar-refractivity contribution in [1.82, 2.24) is 5.43 Å². The van der Waals surface area contributed by atoms with Crippen LogP contribution in [0.15, 0.2) is 18.2 Å². The van der Waals surface area contributed by atoms with Crippen molar-refractivity contribution in [3.05, 3.63) is 35.1 Å². The van der Waals surface area contributed by atoms with Crippen LogP contribution in [0.3, 0.4) is 0 Å². The Balaban J connectivity index is 3.04. The van der Waals surface area contributed by atoms with Crippen molar-refractivity contribution < 1.29 is 12.8 Å². The van der Waals surface area contributed by atoms with E-state index in [1.165, 1.54) is 12.1 Å². The highest BCUT2D eigenvalue weighted by molar-refractivity contribution is 7.90. The standard InChI is InChI=1S/C10H15FN2O2S/c1-7-3-8(5-9(11)4-7)10(13-12)6-16(2,14)15/h3-5,10,13H,6,12H2,1-2H3. The van der Waals surface area contributed by atoms with Gasteiger partial charge < -0.3 is 0 Å². The Hall–Kier alpha value is -0.980. The largest absolute Gasteiger partial charge is 0.271 e. The molecular formula is C10H15FN2O2S. The molecule has 1 aromatic carbocycles. The number of rotatable bonds is 4. The molecule has 1 aromatic rings. The summed E-state index contributed by atoms with van der Waals surface area (Å²) in [5, 5.41) is 0. The predicted octanol–water partition coefficient (Wildman–Crippen LogP) is 0.683. The number of nitrogens with one attached hydrogen (secondary N) is 1. The van der Waals surface area contributed by atoms with Crippen LogP contribution in [0.25, 0.3) is 0 Å². The van der Waals surface area contributed by atoms with Crippen LogP contribution in [0.1, 0.15) is 17.2 Å². The van der Waals surface area contributed by atoms with Crippen LogP contribution in [0.4, 0.5) is 4.39 Å². The second-order valence-electron chi connectivity index (χ2n) is 3.87. The van der Waals surface area contributed by atoms with E-state index in [1.807, 2.05) is 0 Å². The molecule has 3 N–H and O–H groups in total. The van der Waals surface area contributed by atoms with E-state index in [0.29, 0.717) is 5.56 Å². The van der Waals surface area contributed by atoms with E-state index in [9.17, 15) is 12.8 Å². The molecule has 6 heteroatoms. The van der Waals surface area contributed by atoms with Gasteiger partial charge in [-0.3, -0.25) is 11.3 Å². The summed E-state index contributed by atoms with van der Waals surface area (Å²) in [6, 6.07) is 3.77. The summed E-state index contributed by atoms with van der Waals surface area (Å²) in [6.45, 7) is 1.74. The second-order valence-corrected chi connectivity index (χ2v) is 6.06. The van der Waals surface area contributed by atoms with E-state index >= 15 is 0 Å². The minimum absolute atomic E-state index is 0.160. The van der Waals surface area contributed by atoms with Crippen molar-refractivity contribution in [1.29, 1.82) is 0 Å². The molecule has 0 heterocycles. The molecular weight excluding hydrogens is 231 g/mol. The number of hydrogen-bond acceptors (Lipinski definition) is 4. The number of sulfone groups is 1. The lowest BCUT2D eigenvalue weighted by atomic mass is 10.1. The van der Waals surface area contributed by atoms with E-state index in [1.54, 1.807) is 13.0 Å². The highest BCUT2D eigenvalue weighted by atomic mass is 32.2. The van der Waals surface area contributed by atoms with Gasteiger partial charge in [0.15, 0.2) is 0 Å². The maximum absolute atomic E-state index is 13.1. The van der Waals surface area contributed by atoms with Gasteiger partial charge in [0.1, 0.15) is 15.7 Å². The first-order chi connectivity index (χ1) is 7.31. The topological polar surface area (TPSA) is 72.2 Å². The molecule has 0 saturated heterocycles. The van der Waals surface area contributed by atoms with Crippen molar-refractivity contribution in [2.45, 2.75) is 13.0 Å². The van der Waals surface area contributed by atoms with Gasteiger partial charge in [-0.05, 0) is 30.2 Å². The lowest BCUT2D eigenvalue weighted by Gasteiger charge is -2.15. The highest BCUT2D eigenvalue weighted by Crippen LogP contribution is 2.17. The van der Waals surface area contributed by atoms with Crippen molar-refractivity contribution in [2.24, 2.45) is 5.84 Å². The fourth-order valence-electron chi connectivity index (χ4n) is 1.51. The van der Waals surface area contributed by atoms with E-state index in [2.05, 4.69) is 5.43 Å². The molecule has 16 heavy (non-hydrogen) atoms. The van der Waals surface area contributed by atoms with Gasteiger partial charge in [0.25, 0.3) is 0 Å². The first kappa shape index (κ1) is 13.1. The summed E-state index contributed by atoms with van der Waals surface area (Å²) < 4.78 is 35.4. The van der Waals surface area contributed by atoms with Crippen LogP contribution in [0.2, 0.25) is 0 Å². The van der Waals surface area contributed by atoms with Crippen molar-refractivity contribution in [3.63, 3.8) is 0 Å². The quantitative estimate of drug-likeness (QED) is 0.605. The smallest absolute Gasteiger partial charge is 0.149 e. The summed E-state index contributed by atoms with van der Waals surface area (Å²) in [6.07, 6.45) is 1.11. The van der Waals surface area contributed by atoms with Crippen molar-refractivity contribution in [2.75, 3.05) is 12.0 Å². The Morgan fingerprint density at radius 3 is 2.50 bits per heavy atom. The SMILES string of the molecule is Cc1cc(F)cc(C(CS(C)(=O)=O)NN)c1. The van der Waals surface area contributed by atoms with E-state index < -0.39 is 21.7 Å². The number of halogens is 1. The van der Waals surface area contributed by atoms with Gasteiger partial charge in [0, 0.05) is 6.26 Å². The minimum Gasteiger partial charge on any atom is -0.271 e. The van der Waals surface area contributed by atoms with E-state index in [4.69, 9.17) is 5.84 Å². The molecule has 4 nitrogen and oxygen atoms in total. The minimum atomic E-state index is -3.17. The number of benzene rings is 1. The van der Waals surface area contributed by atoms with Crippen LogP contribution in [-0.2, 0) is 9.84 Å². The van der Waals surface area contributed by atoms with Gasteiger partial charge >= 0.3 is 0 Å². The van der Waals surface area contributed by atoms with Gasteiger partial charge in [-0.2, -0.15) is 0 Å². The first-order valence-corrected chi connectivity index (χ1v) is 6.79. The van der Waals surface area contributed by atoms with Crippen LogP contribution < -0.4 is 11.3 Å². The molecule has 0 spiro atoms. The number of hydrogen-bond donors (Lipinski definition) is 2. The Kier molecular flexibility index (Phi) is 4.01. The van der Waals surface area contributed by atoms with Gasteiger partial charge in [0.2, 0.25) is 0 Å². The molecule has 0 bridgehead atoms. The third kappa shape index (κ3) is 3.88. The summed E-state index contributed by atoms with van der Waals surface area (Å²) in [5.74, 6) is 4.72. The highest BCUT2D eigenvalue weighted by Gasteiger charge is 2.16. The van der Waals surface area contributed by atoms with Crippen LogP contribution in [0, 0.1) is 12.7 Å². The summed E-state index contributed by atoms with van der Waals surface area (Å²) in [4.78, 5) is 0. The molecule has 0 aliphatic rings. The fourth-order valence-corrected chi connectivity index (χ4v) is 2.40. The zero-order valence-corrected chi connectivity index (χ0v) is 10.0. The molecule has 0 aliphatic heterocycles. The molecule has 0 aliphatic carbocycles.